The van der Waals surface area contributed by atoms with Gasteiger partial charge in [0.05, 0.1) is 16.6 Å². The average Bonchev–Trinajstić information content (AvgIpc) is 2.90. The summed E-state index contributed by atoms with van der Waals surface area (Å²) >= 11 is 1.46. The lowest BCUT2D eigenvalue weighted by molar-refractivity contribution is 0.503. The van der Waals surface area contributed by atoms with Crippen LogP contribution in [0.1, 0.15) is 25.8 Å². The lowest BCUT2D eigenvalue weighted by atomic mass is 10.1. The molecule has 2 heterocycles. The predicted molar refractivity (Wildman–Crippen MR) is 92.3 cm³/mol. The van der Waals surface area contributed by atoms with Crippen LogP contribution >= 0.6 is 11.8 Å². The highest BCUT2D eigenvalue weighted by Gasteiger charge is 2.14. The molecule has 0 aliphatic carbocycles. The molecule has 0 atom stereocenters. The Morgan fingerprint density at radius 3 is 2.83 bits per heavy atom. The van der Waals surface area contributed by atoms with Crippen molar-refractivity contribution in [3.63, 3.8) is 0 Å². The van der Waals surface area contributed by atoms with E-state index in [2.05, 4.69) is 35.5 Å². The monoisotopic (exact) mass is 322 g/mol. The largest absolute Gasteiger partial charge is 0.319 e. The average molecular weight is 322 g/mol. The maximum Gasteiger partial charge on any atom is 0.175 e. The molecule has 0 spiro atoms. The van der Waals surface area contributed by atoms with Crippen LogP contribution in [0, 0.1) is 17.2 Å². The van der Waals surface area contributed by atoms with Crippen molar-refractivity contribution in [2.24, 2.45) is 5.92 Å². The second-order valence-electron chi connectivity index (χ2n) is 5.79. The van der Waals surface area contributed by atoms with Gasteiger partial charge in [0, 0.05) is 12.7 Å². The van der Waals surface area contributed by atoms with Gasteiger partial charge in [-0.2, -0.15) is 5.26 Å². The summed E-state index contributed by atoms with van der Waals surface area (Å²) in [6, 6.07) is 13.9. The summed E-state index contributed by atoms with van der Waals surface area (Å²) in [5.41, 5.74) is 2.69. The Hall–Kier alpha value is -2.32. The third-order valence-corrected chi connectivity index (χ3v) is 4.64. The first-order valence-corrected chi connectivity index (χ1v) is 8.49. The maximum atomic E-state index is 9.25. The first kappa shape index (κ1) is 15.6. The van der Waals surface area contributed by atoms with Crippen LogP contribution in [0.5, 0.6) is 0 Å². The van der Waals surface area contributed by atoms with E-state index in [1.54, 1.807) is 18.3 Å². The summed E-state index contributed by atoms with van der Waals surface area (Å²) in [6.07, 6.45) is 2.80. The molecule has 0 saturated carbocycles. The van der Waals surface area contributed by atoms with Gasteiger partial charge in [0.25, 0.3) is 0 Å². The molecule has 4 nitrogen and oxygen atoms in total. The van der Waals surface area contributed by atoms with Gasteiger partial charge in [-0.05, 0) is 48.4 Å². The zero-order valence-electron chi connectivity index (χ0n) is 13.2. The van der Waals surface area contributed by atoms with E-state index >= 15 is 0 Å². The van der Waals surface area contributed by atoms with Gasteiger partial charge in [0.2, 0.25) is 0 Å². The van der Waals surface area contributed by atoms with E-state index < -0.39 is 0 Å². The minimum atomic E-state index is 0.583. The summed E-state index contributed by atoms with van der Waals surface area (Å²) in [4.78, 5) is 9.08. The molecule has 1 aromatic carbocycles. The molecule has 116 valence electrons. The summed E-state index contributed by atoms with van der Waals surface area (Å²) in [6.45, 7) is 5.35. The lowest BCUT2D eigenvalue weighted by Gasteiger charge is -2.10. The van der Waals surface area contributed by atoms with Crippen LogP contribution in [-0.2, 0) is 6.54 Å². The van der Waals surface area contributed by atoms with Crippen LogP contribution in [0.2, 0.25) is 0 Å². The fourth-order valence-corrected chi connectivity index (χ4v) is 3.33. The van der Waals surface area contributed by atoms with Gasteiger partial charge in [-0.15, -0.1) is 0 Å². The van der Waals surface area contributed by atoms with Crippen molar-refractivity contribution in [2.45, 2.75) is 37.0 Å². The van der Waals surface area contributed by atoms with Gasteiger partial charge in [-0.3, -0.25) is 0 Å². The van der Waals surface area contributed by atoms with Gasteiger partial charge in [-0.1, -0.05) is 26.0 Å². The number of aromatic nitrogens is 3. The Balaban J connectivity index is 2.02. The van der Waals surface area contributed by atoms with E-state index in [4.69, 9.17) is 4.98 Å². The number of para-hydroxylation sites is 2. The van der Waals surface area contributed by atoms with Crippen molar-refractivity contribution in [3.05, 3.63) is 48.2 Å². The van der Waals surface area contributed by atoms with Crippen molar-refractivity contribution in [3.8, 4) is 6.07 Å². The highest BCUT2D eigenvalue weighted by molar-refractivity contribution is 7.99. The topological polar surface area (TPSA) is 54.5 Å². The smallest absolute Gasteiger partial charge is 0.175 e. The van der Waals surface area contributed by atoms with Crippen molar-refractivity contribution in [1.82, 2.24) is 14.5 Å². The van der Waals surface area contributed by atoms with E-state index in [1.165, 1.54) is 11.8 Å². The second kappa shape index (κ2) is 6.84. The van der Waals surface area contributed by atoms with E-state index in [0.717, 1.165) is 29.2 Å². The number of aryl methyl sites for hydroxylation is 1. The molecular formula is C18H18N4S. The second-order valence-corrected chi connectivity index (χ2v) is 6.74. The Kier molecular flexibility index (Phi) is 4.63. The first-order valence-electron chi connectivity index (χ1n) is 7.67. The summed E-state index contributed by atoms with van der Waals surface area (Å²) in [5, 5.41) is 10.8. The fraction of sp³-hybridized carbons (Fsp3) is 0.278. The van der Waals surface area contributed by atoms with Crippen molar-refractivity contribution < 1.29 is 0 Å². The van der Waals surface area contributed by atoms with Crippen LogP contribution in [0.4, 0.5) is 0 Å². The number of pyridine rings is 1. The zero-order chi connectivity index (χ0) is 16.2. The number of nitrogens with zero attached hydrogens (tertiary/aromatic N) is 4. The number of nitriles is 1. The fourth-order valence-electron chi connectivity index (χ4n) is 2.38. The molecule has 23 heavy (non-hydrogen) atoms. The molecular weight excluding hydrogens is 304 g/mol. The minimum absolute atomic E-state index is 0.583. The van der Waals surface area contributed by atoms with Gasteiger partial charge >= 0.3 is 0 Å². The third-order valence-electron chi connectivity index (χ3n) is 3.63. The summed E-state index contributed by atoms with van der Waals surface area (Å²) in [5.74, 6) is 0.624. The molecule has 5 heteroatoms. The molecule has 0 saturated heterocycles. The SMILES string of the molecule is CC(C)CCn1c(Sc2ncccc2C#N)nc2ccccc21. The van der Waals surface area contributed by atoms with Gasteiger partial charge in [0.15, 0.2) is 5.16 Å². The lowest BCUT2D eigenvalue weighted by Crippen LogP contribution is -2.03. The Bertz CT molecular complexity index is 861. The highest BCUT2D eigenvalue weighted by Crippen LogP contribution is 2.31. The molecule has 0 N–H and O–H groups in total. The molecule has 3 rings (SSSR count). The van der Waals surface area contributed by atoms with Gasteiger partial charge in [0.1, 0.15) is 11.1 Å². The maximum absolute atomic E-state index is 9.25. The highest BCUT2D eigenvalue weighted by atomic mass is 32.2. The predicted octanol–water partition coefficient (Wildman–Crippen LogP) is 4.50. The Morgan fingerprint density at radius 1 is 1.22 bits per heavy atom. The third kappa shape index (κ3) is 3.38. The quantitative estimate of drug-likeness (QED) is 0.694. The van der Waals surface area contributed by atoms with E-state index in [0.29, 0.717) is 16.5 Å². The zero-order valence-corrected chi connectivity index (χ0v) is 14.0. The molecule has 0 aliphatic rings. The molecule has 0 bridgehead atoms. The molecule has 0 fully saturated rings. The summed E-state index contributed by atoms with van der Waals surface area (Å²) in [7, 11) is 0. The van der Waals surface area contributed by atoms with E-state index in [1.807, 2.05) is 18.2 Å². The van der Waals surface area contributed by atoms with Crippen LogP contribution in [0.3, 0.4) is 0 Å². The number of imidazole rings is 1. The minimum Gasteiger partial charge on any atom is -0.319 e. The molecule has 3 aromatic rings. The number of hydrogen-bond donors (Lipinski definition) is 0. The summed E-state index contributed by atoms with van der Waals surface area (Å²) < 4.78 is 2.23. The van der Waals surface area contributed by atoms with Crippen molar-refractivity contribution in [2.75, 3.05) is 0 Å². The van der Waals surface area contributed by atoms with Crippen molar-refractivity contribution >= 4 is 22.8 Å². The Labute approximate surface area is 140 Å². The van der Waals surface area contributed by atoms with E-state index in [9.17, 15) is 5.26 Å². The van der Waals surface area contributed by atoms with Crippen molar-refractivity contribution in [1.29, 1.82) is 5.26 Å². The number of hydrogen-bond acceptors (Lipinski definition) is 4. The molecule has 0 radical (unpaired) electrons. The number of fused-ring (bicyclic) bond motifs is 1. The van der Waals surface area contributed by atoms with Crippen LogP contribution in [0.15, 0.2) is 52.8 Å². The number of rotatable bonds is 5. The van der Waals surface area contributed by atoms with Gasteiger partial charge < -0.3 is 4.57 Å². The van der Waals surface area contributed by atoms with Crippen LogP contribution in [-0.4, -0.2) is 14.5 Å². The van der Waals surface area contributed by atoms with Crippen LogP contribution in [0.25, 0.3) is 11.0 Å². The molecule has 2 aromatic heterocycles. The normalized spacial score (nSPS) is 11.0. The number of benzene rings is 1. The van der Waals surface area contributed by atoms with Gasteiger partial charge in [-0.25, -0.2) is 9.97 Å². The molecule has 0 unspecified atom stereocenters. The molecule has 0 aliphatic heterocycles. The van der Waals surface area contributed by atoms with E-state index in [-0.39, 0.29) is 0 Å². The standard InChI is InChI=1S/C18H18N4S/c1-13(2)9-11-22-16-8-4-3-7-15(16)21-18(22)23-17-14(12-19)6-5-10-20-17/h3-8,10,13H,9,11H2,1-2H3. The van der Waals surface area contributed by atoms with Crippen LogP contribution < -0.4 is 0 Å². The first-order chi connectivity index (χ1) is 11.2. The molecule has 0 amide bonds. The Morgan fingerprint density at radius 2 is 2.04 bits per heavy atom.